The van der Waals surface area contributed by atoms with E-state index < -0.39 is 0 Å². The Morgan fingerprint density at radius 1 is 1.00 bits per heavy atom. The van der Waals surface area contributed by atoms with E-state index >= 15 is 0 Å². The zero-order valence-electron chi connectivity index (χ0n) is 12.7. The highest BCUT2D eigenvalue weighted by molar-refractivity contribution is 5.35. The first-order valence-electron chi connectivity index (χ1n) is 7.27. The summed E-state index contributed by atoms with van der Waals surface area (Å²) < 4.78 is 11.0. The van der Waals surface area contributed by atoms with Crippen LogP contribution in [0.25, 0.3) is 0 Å². The molecule has 0 aliphatic heterocycles. The van der Waals surface area contributed by atoms with E-state index in [0.717, 1.165) is 30.9 Å². The molecule has 1 atom stereocenters. The molecule has 3 nitrogen and oxygen atoms in total. The van der Waals surface area contributed by atoms with Gasteiger partial charge in [-0.05, 0) is 55.2 Å². The molecule has 0 radical (unpaired) electrons. The molecule has 1 unspecified atom stereocenters. The van der Waals surface area contributed by atoms with Gasteiger partial charge in [0.05, 0.1) is 6.61 Å². The van der Waals surface area contributed by atoms with Gasteiger partial charge in [0.1, 0.15) is 11.5 Å². The second kappa shape index (κ2) is 7.81. The summed E-state index contributed by atoms with van der Waals surface area (Å²) in [6.45, 7) is 2.74. The van der Waals surface area contributed by atoms with Crippen molar-refractivity contribution in [2.45, 2.75) is 25.8 Å². The van der Waals surface area contributed by atoms with Gasteiger partial charge in [0, 0.05) is 13.2 Å². The van der Waals surface area contributed by atoms with Gasteiger partial charge in [-0.3, -0.25) is 0 Å². The third kappa shape index (κ3) is 5.21. The van der Waals surface area contributed by atoms with Crippen LogP contribution >= 0.6 is 0 Å². The number of methoxy groups -OCH3 is 1. The maximum absolute atomic E-state index is 5.89. The topological polar surface area (TPSA) is 44.5 Å². The minimum absolute atomic E-state index is 0.153. The predicted molar refractivity (Wildman–Crippen MR) is 85.9 cm³/mol. The van der Waals surface area contributed by atoms with E-state index in [4.69, 9.17) is 15.2 Å². The van der Waals surface area contributed by atoms with Crippen molar-refractivity contribution in [2.24, 2.45) is 5.73 Å². The van der Waals surface area contributed by atoms with Gasteiger partial charge in [0.15, 0.2) is 0 Å². The molecule has 2 aromatic carbocycles. The van der Waals surface area contributed by atoms with E-state index in [0.29, 0.717) is 0 Å². The molecule has 2 aromatic rings. The van der Waals surface area contributed by atoms with Crippen LogP contribution in [-0.2, 0) is 17.6 Å². The van der Waals surface area contributed by atoms with Crippen LogP contribution in [-0.4, -0.2) is 19.8 Å². The first-order chi connectivity index (χ1) is 10.2. The number of hydrogen-bond donors (Lipinski definition) is 1. The molecule has 0 saturated carbocycles. The van der Waals surface area contributed by atoms with Gasteiger partial charge < -0.3 is 15.2 Å². The molecule has 0 heterocycles. The zero-order valence-corrected chi connectivity index (χ0v) is 12.7. The van der Waals surface area contributed by atoms with E-state index in [-0.39, 0.29) is 6.04 Å². The Kier molecular flexibility index (Phi) is 5.78. The molecular weight excluding hydrogens is 262 g/mol. The van der Waals surface area contributed by atoms with Crippen molar-refractivity contribution in [3.05, 3.63) is 59.7 Å². The van der Waals surface area contributed by atoms with Crippen LogP contribution in [0.3, 0.4) is 0 Å². The van der Waals surface area contributed by atoms with Crippen molar-refractivity contribution in [3.63, 3.8) is 0 Å². The van der Waals surface area contributed by atoms with Crippen molar-refractivity contribution >= 4 is 0 Å². The average molecular weight is 285 g/mol. The van der Waals surface area contributed by atoms with Gasteiger partial charge in [0.25, 0.3) is 0 Å². The normalized spacial score (nSPS) is 12.1. The van der Waals surface area contributed by atoms with Crippen molar-refractivity contribution in [3.8, 4) is 11.5 Å². The maximum Gasteiger partial charge on any atom is 0.127 e. The van der Waals surface area contributed by atoms with Crippen LogP contribution in [0.5, 0.6) is 11.5 Å². The zero-order chi connectivity index (χ0) is 15.1. The van der Waals surface area contributed by atoms with Crippen LogP contribution in [0.2, 0.25) is 0 Å². The van der Waals surface area contributed by atoms with Gasteiger partial charge in [-0.25, -0.2) is 0 Å². The molecule has 0 bridgehead atoms. The standard InChI is InChI=1S/C18H23NO2/c1-14(19)12-16-4-3-5-18(13-16)21-17-8-6-15(7-9-17)10-11-20-2/h3-9,13-14H,10-12,19H2,1-2H3. The number of hydrogen-bond acceptors (Lipinski definition) is 3. The number of benzene rings is 2. The molecule has 0 aliphatic rings. The first-order valence-corrected chi connectivity index (χ1v) is 7.27. The third-order valence-electron chi connectivity index (χ3n) is 3.21. The Bertz CT molecular complexity index is 549. The molecule has 2 rings (SSSR count). The highest BCUT2D eigenvalue weighted by Crippen LogP contribution is 2.23. The molecule has 0 fully saturated rings. The molecule has 112 valence electrons. The van der Waals surface area contributed by atoms with E-state index in [2.05, 4.69) is 18.2 Å². The van der Waals surface area contributed by atoms with Crippen molar-refractivity contribution in [1.82, 2.24) is 0 Å². The Balaban J connectivity index is 2.00. The Hall–Kier alpha value is -1.84. The van der Waals surface area contributed by atoms with E-state index in [1.807, 2.05) is 37.3 Å². The molecule has 21 heavy (non-hydrogen) atoms. The van der Waals surface area contributed by atoms with E-state index in [1.165, 1.54) is 11.1 Å². The molecule has 0 spiro atoms. The smallest absolute Gasteiger partial charge is 0.127 e. The lowest BCUT2D eigenvalue weighted by Crippen LogP contribution is -2.17. The Morgan fingerprint density at radius 2 is 1.76 bits per heavy atom. The molecule has 0 saturated heterocycles. The SMILES string of the molecule is COCCc1ccc(Oc2cccc(CC(C)N)c2)cc1. The molecule has 2 N–H and O–H groups in total. The van der Waals surface area contributed by atoms with Crippen molar-refractivity contribution in [2.75, 3.05) is 13.7 Å². The van der Waals surface area contributed by atoms with Crippen LogP contribution < -0.4 is 10.5 Å². The summed E-state index contributed by atoms with van der Waals surface area (Å²) in [6.07, 6.45) is 1.77. The van der Waals surface area contributed by atoms with Gasteiger partial charge in [-0.1, -0.05) is 24.3 Å². The van der Waals surface area contributed by atoms with E-state index in [1.54, 1.807) is 7.11 Å². The molecule has 0 aliphatic carbocycles. The summed E-state index contributed by atoms with van der Waals surface area (Å²) in [6, 6.07) is 16.4. The van der Waals surface area contributed by atoms with Crippen molar-refractivity contribution < 1.29 is 9.47 Å². The summed E-state index contributed by atoms with van der Waals surface area (Å²) in [4.78, 5) is 0. The molecular formula is C18H23NO2. The first kappa shape index (κ1) is 15.5. The van der Waals surface area contributed by atoms with Gasteiger partial charge in [-0.15, -0.1) is 0 Å². The van der Waals surface area contributed by atoms with E-state index in [9.17, 15) is 0 Å². The van der Waals surface area contributed by atoms with Crippen molar-refractivity contribution in [1.29, 1.82) is 0 Å². The lowest BCUT2D eigenvalue weighted by Gasteiger charge is -2.10. The monoisotopic (exact) mass is 285 g/mol. The van der Waals surface area contributed by atoms with Crippen LogP contribution in [0.15, 0.2) is 48.5 Å². The van der Waals surface area contributed by atoms with Crippen LogP contribution in [0.1, 0.15) is 18.1 Å². The maximum atomic E-state index is 5.89. The highest BCUT2D eigenvalue weighted by atomic mass is 16.5. The largest absolute Gasteiger partial charge is 0.457 e. The predicted octanol–water partition coefficient (Wildman–Crippen LogP) is 3.56. The number of rotatable bonds is 7. The van der Waals surface area contributed by atoms with Gasteiger partial charge in [0.2, 0.25) is 0 Å². The lowest BCUT2D eigenvalue weighted by atomic mass is 10.1. The summed E-state index contributed by atoms with van der Waals surface area (Å²) in [5.41, 5.74) is 8.27. The number of nitrogens with two attached hydrogens (primary N) is 1. The number of ether oxygens (including phenoxy) is 2. The highest BCUT2D eigenvalue weighted by Gasteiger charge is 2.02. The summed E-state index contributed by atoms with van der Waals surface area (Å²) in [5, 5.41) is 0. The quantitative estimate of drug-likeness (QED) is 0.846. The Labute approximate surface area is 126 Å². The molecule has 3 heteroatoms. The second-order valence-electron chi connectivity index (χ2n) is 5.32. The summed E-state index contributed by atoms with van der Waals surface area (Å²) in [7, 11) is 1.71. The molecule has 0 aromatic heterocycles. The minimum atomic E-state index is 0.153. The Morgan fingerprint density at radius 3 is 2.43 bits per heavy atom. The summed E-state index contributed by atoms with van der Waals surface area (Å²) in [5.74, 6) is 1.69. The van der Waals surface area contributed by atoms with Gasteiger partial charge >= 0.3 is 0 Å². The third-order valence-corrected chi connectivity index (χ3v) is 3.21. The fourth-order valence-electron chi connectivity index (χ4n) is 2.19. The lowest BCUT2D eigenvalue weighted by molar-refractivity contribution is 0.202. The fourth-order valence-corrected chi connectivity index (χ4v) is 2.19. The second-order valence-corrected chi connectivity index (χ2v) is 5.32. The fraction of sp³-hybridized carbons (Fsp3) is 0.333. The molecule has 0 amide bonds. The van der Waals surface area contributed by atoms with Gasteiger partial charge in [-0.2, -0.15) is 0 Å². The van der Waals surface area contributed by atoms with Crippen LogP contribution in [0.4, 0.5) is 0 Å². The van der Waals surface area contributed by atoms with Crippen LogP contribution in [0, 0.1) is 0 Å². The minimum Gasteiger partial charge on any atom is -0.457 e. The average Bonchev–Trinajstić information content (AvgIpc) is 2.46. The summed E-state index contributed by atoms with van der Waals surface area (Å²) >= 11 is 0.